The fraction of sp³-hybridized carbons (Fsp3) is 1.00. The Labute approximate surface area is 85.5 Å². The summed E-state index contributed by atoms with van der Waals surface area (Å²) in [6.07, 6.45) is 6.53. The van der Waals surface area contributed by atoms with Crippen LogP contribution in [0.3, 0.4) is 0 Å². The molecule has 1 aliphatic rings. The average Bonchev–Trinajstić information content (AvgIpc) is 2.48. The van der Waals surface area contributed by atoms with Gasteiger partial charge < -0.3 is 10.4 Å². The van der Waals surface area contributed by atoms with E-state index in [0.717, 1.165) is 12.8 Å². The number of thioether (sulfide) groups is 1. The summed E-state index contributed by atoms with van der Waals surface area (Å²) in [6.45, 7) is 2.21. The molecule has 0 aliphatic heterocycles. The summed E-state index contributed by atoms with van der Waals surface area (Å²) < 4.78 is 0. The van der Waals surface area contributed by atoms with Crippen LogP contribution >= 0.6 is 11.8 Å². The maximum atomic E-state index is 9.60. The van der Waals surface area contributed by atoms with E-state index < -0.39 is 0 Å². The molecule has 2 N–H and O–H groups in total. The summed E-state index contributed by atoms with van der Waals surface area (Å²) >= 11 is 1.89. The van der Waals surface area contributed by atoms with Gasteiger partial charge in [0, 0.05) is 12.1 Å². The lowest BCUT2D eigenvalue weighted by molar-refractivity contribution is 0.143. The third-order valence-corrected chi connectivity index (χ3v) is 3.38. The van der Waals surface area contributed by atoms with Crippen molar-refractivity contribution < 1.29 is 5.11 Å². The Morgan fingerprint density at radius 2 is 2.31 bits per heavy atom. The molecule has 78 valence electrons. The van der Waals surface area contributed by atoms with Crippen LogP contribution in [0.1, 0.15) is 32.6 Å². The summed E-state index contributed by atoms with van der Waals surface area (Å²) in [6, 6.07) is 0.905. The van der Waals surface area contributed by atoms with Crippen molar-refractivity contribution in [2.24, 2.45) is 0 Å². The molecule has 3 atom stereocenters. The molecule has 0 aromatic carbocycles. The molecule has 0 aromatic heterocycles. The Hall–Kier alpha value is 0.270. The molecule has 1 rings (SSSR count). The minimum absolute atomic E-state index is 0.100. The number of nitrogens with one attached hydrogen (secondary N) is 1. The summed E-state index contributed by atoms with van der Waals surface area (Å²) in [5, 5.41) is 13.1. The SMILES string of the molecule is CSCCC(C)NC1CCCC1O. The maximum absolute atomic E-state index is 9.60. The summed E-state index contributed by atoms with van der Waals surface area (Å²) in [7, 11) is 0. The second-order valence-corrected chi connectivity index (χ2v) is 4.94. The molecule has 1 fully saturated rings. The largest absolute Gasteiger partial charge is 0.392 e. The minimum atomic E-state index is -0.100. The van der Waals surface area contributed by atoms with Crippen LogP contribution in [0.25, 0.3) is 0 Å². The first-order valence-corrected chi connectivity index (χ1v) is 6.56. The van der Waals surface area contributed by atoms with Crippen LogP contribution in [0.5, 0.6) is 0 Å². The number of rotatable bonds is 5. The van der Waals surface area contributed by atoms with Crippen LogP contribution in [-0.4, -0.2) is 35.3 Å². The van der Waals surface area contributed by atoms with E-state index >= 15 is 0 Å². The van der Waals surface area contributed by atoms with Gasteiger partial charge in [-0.05, 0) is 44.6 Å². The molecule has 0 spiro atoms. The third kappa shape index (κ3) is 3.88. The molecule has 3 heteroatoms. The Bertz CT molecular complexity index is 143. The standard InChI is InChI=1S/C10H21NOS/c1-8(6-7-13-2)11-9-4-3-5-10(9)12/h8-12H,3-7H2,1-2H3. The van der Waals surface area contributed by atoms with Crippen molar-refractivity contribution >= 4 is 11.8 Å². The van der Waals surface area contributed by atoms with E-state index in [-0.39, 0.29) is 6.10 Å². The molecule has 3 unspecified atom stereocenters. The maximum Gasteiger partial charge on any atom is 0.0693 e. The highest BCUT2D eigenvalue weighted by molar-refractivity contribution is 7.98. The second-order valence-electron chi connectivity index (χ2n) is 3.95. The van der Waals surface area contributed by atoms with Gasteiger partial charge in [0.1, 0.15) is 0 Å². The van der Waals surface area contributed by atoms with E-state index in [1.807, 2.05) is 11.8 Å². The van der Waals surface area contributed by atoms with E-state index in [0.29, 0.717) is 12.1 Å². The minimum Gasteiger partial charge on any atom is -0.392 e. The van der Waals surface area contributed by atoms with E-state index in [1.165, 1.54) is 18.6 Å². The van der Waals surface area contributed by atoms with E-state index in [2.05, 4.69) is 18.5 Å². The van der Waals surface area contributed by atoms with E-state index in [9.17, 15) is 5.11 Å². The first-order valence-electron chi connectivity index (χ1n) is 5.17. The van der Waals surface area contributed by atoms with E-state index in [1.54, 1.807) is 0 Å². The van der Waals surface area contributed by atoms with Crippen LogP contribution in [0, 0.1) is 0 Å². The van der Waals surface area contributed by atoms with Crippen molar-refractivity contribution in [3.63, 3.8) is 0 Å². The zero-order valence-corrected chi connectivity index (χ0v) is 9.44. The number of hydrogen-bond acceptors (Lipinski definition) is 3. The monoisotopic (exact) mass is 203 g/mol. The summed E-state index contributed by atoms with van der Waals surface area (Å²) in [5.41, 5.74) is 0. The molecule has 2 nitrogen and oxygen atoms in total. The molecule has 0 saturated heterocycles. The molecule has 0 heterocycles. The van der Waals surface area contributed by atoms with Gasteiger partial charge in [0.05, 0.1) is 6.10 Å². The highest BCUT2D eigenvalue weighted by Crippen LogP contribution is 2.19. The van der Waals surface area contributed by atoms with Crippen LogP contribution in [0.4, 0.5) is 0 Å². The molecule has 0 amide bonds. The van der Waals surface area contributed by atoms with Crippen LogP contribution in [-0.2, 0) is 0 Å². The smallest absolute Gasteiger partial charge is 0.0693 e. The normalized spacial score (nSPS) is 30.7. The fourth-order valence-corrected chi connectivity index (χ4v) is 2.47. The van der Waals surface area contributed by atoms with Crippen molar-refractivity contribution in [1.29, 1.82) is 0 Å². The van der Waals surface area contributed by atoms with Gasteiger partial charge in [-0.25, -0.2) is 0 Å². The van der Waals surface area contributed by atoms with Crippen molar-refractivity contribution in [3.05, 3.63) is 0 Å². The molecular formula is C10H21NOS. The van der Waals surface area contributed by atoms with Gasteiger partial charge in [0.2, 0.25) is 0 Å². The van der Waals surface area contributed by atoms with Crippen LogP contribution in [0.2, 0.25) is 0 Å². The molecule has 1 aliphatic carbocycles. The topological polar surface area (TPSA) is 32.3 Å². The highest BCUT2D eigenvalue weighted by atomic mass is 32.2. The van der Waals surface area contributed by atoms with Crippen molar-refractivity contribution in [2.45, 2.75) is 50.8 Å². The average molecular weight is 203 g/mol. The summed E-state index contributed by atoms with van der Waals surface area (Å²) in [5.74, 6) is 1.21. The number of hydrogen-bond donors (Lipinski definition) is 2. The molecule has 13 heavy (non-hydrogen) atoms. The lowest BCUT2D eigenvalue weighted by Crippen LogP contribution is -2.41. The first-order chi connectivity index (χ1) is 6.24. The van der Waals surface area contributed by atoms with Gasteiger partial charge in [0.15, 0.2) is 0 Å². The predicted octanol–water partition coefficient (Wildman–Crippen LogP) is 1.63. The zero-order chi connectivity index (χ0) is 9.68. The Balaban J connectivity index is 2.15. The third-order valence-electron chi connectivity index (χ3n) is 2.73. The van der Waals surface area contributed by atoms with Gasteiger partial charge >= 0.3 is 0 Å². The van der Waals surface area contributed by atoms with Gasteiger partial charge in [-0.15, -0.1) is 0 Å². The fourth-order valence-electron chi connectivity index (χ4n) is 1.88. The first kappa shape index (κ1) is 11.3. The van der Waals surface area contributed by atoms with E-state index in [4.69, 9.17) is 0 Å². The summed E-state index contributed by atoms with van der Waals surface area (Å²) in [4.78, 5) is 0. The molecule has 1 saturated carbocycles. The Morgan fingerprint density at radius 3 is 2.85 bits per heavy atom. The molecule has 0 bridgehead atoms. The van der Waals surface area contributed by atoms with Gasteiger partial charge in [-0.1, -0.05) is 0 Å². The van der Waals surface area contributed by atoms with Crippen molar-refractivity contribution in [2.75, 3.05) is 12.0 Å². The van der Waals surface area contributed by atoms with Gasteiger partial charge in [0.25, 0.3) is 0 Å². The van der Waals surface area contributed by atoms with Crippen molar-refractivity contribution in [1.82, 2.24) is 5.32 Å². The molecule has 0 radical (unpaired) electrons. The van der Waals surface area contributed by atoms with Crippen molar-refractivity contribution in [3.8, 4) is 0 Å². The lowest BCUT2D eigenvalue weighted by Gasteiger charge is -2.21. The lowest BCUT2D eigenvalue weighted by atomic mass is 10.1. The van der Waals surface area contributed by atoms with Gasteiger partial charge in [-0.3, -0.25) is 0 Å². The second kappa shape index (κ2) is 5.89. The Kier molecular flexibility index (Phi) is 5.14. The number of aliphatic hydroxyl groups excluding tert-OH is 1. The van der Waals surface area contributed by atoms with Gasteiger partial charge in [-0.2, -0.15) is 11.8 Å². The van der Waals surface area contributed by atoms with Crippen LogP contribution < -0.4 is 5.32 Å². The quantitative estimate of drug-likeness (QED) is 0.712. The molecular weight excluding hydrogens is 182 g/mol. The Morgan fingerprint density at radius 1 is 1.54 bits per heavy atom. The van der Waals surface area contributed by atoms with Crippen LogP contribution in [0.15, 0.2) is 0 Å². The zero-order valence-electron chi connectivity index (χ0n) is 8.62. The number of aliphatic hydroxyl groups is 1. The highest BCUT2D eigenvalue weighted by Gasteiger charge is 2.25. The molecule has 0 aromatic rings. The predicted molar refractivity (Wildman–Crippen MR) is 59.2 cm³/mol.